The zero-order valence-corrected chi connectivity index (χ0v) is 17.8. The zero-order valence-electron chi connectivity index (χ0n) is 14.7. The molecule has 2 aromatic carbocycles. The Morgan fingerprint density at radius 3 is 2.33 bits per heavy atom. The zero-order chi connectivity index (χ0) is 16.6. The third-order valence-corrected chi connectivity index (χ3v) is 4.47. The normalized spacial score (nSPS) is 10.6. The average molecular weight is 345 g/mol. The van der Waals surface area contributed by atoms with Gasteiger partial charge in [-0.05, 0) is 54.7 Å². The Bertz CT molecular complexity index is 876. The Kier molecular flexibility index (Phi) is 6.45. The van der Waals surface area contributed by atoms with Gasteiger partial charge in [-0.15, -0.1) is 0 Å². The van der Waals surface area contributed by atoms with Crippen LogP contribution >= 0.6 is 0 Å². The summed E-state index contributed by atoms with van der Waals surface area (Å²) in [6.45, 7) is 7.13. The second-order valence-corrected chi connectivity index (χ2v) is 6.21. The fraction of sp³-hybridized carbons (Fsp3) is 0.250. The van der Waals surface area contributed by atoms with Crippen LogP contribution in [0.3, 0.4) is 0 Å². The van der Waals surface area contributed by atoms with Crippen LogP contribution in [0.1, 0.15) is 27.8 Å². The van der Waals surface area contributed by atoms with Crippen LogP contribution in [-0.4, -0.2) is 10.5 Å². The number of hydrogen-bond donors (Lipinski definition) is 0. The minimum atomic E-state index is -1.05. The topological polar surface area (TPSA) is 45.1 Å². The molecule has 3 rings (SSSR count). The van der Waals surface area contributed by atoms with Gasteiger partial charge >= 0.3 is 51.4 Å². The number of aromatic nitrogens is 1. The summed E-state index contributed by atoms with van der Waals surface area (Å²) < 4.78 is 2.21. The quantitative estimate of drug-likeness (QED) is 0.621. The Labute approximate surface area is 185 Å². The molecule has 4 heteroatoms. The Morgan fingerprint density at radius 2 is 1.71 bits per heavy atom. The first-order valence-corrected chi connectivity index (χ1v) is 7.79. The van der Waals surface area contributed by atoms with Crippen molar-refractivity contribution in [3.8, 4) is 0 Å². The smallest absolute Gasteiger partial charge is 0.550 e. The first-order valence-electron chi connectivity index (χ1n) is 7.79. The SMILES string of the molecule is Cc1cccc(C)c1Cn1cc(C)c2ccc(CC(=O)[O-])cc21.[K+]. The second kappa shape index (κ2) is 7.98. The molecule has 0 unspecified atom stereocenters. The van der Waals surface area contributed by atoms with Gasteiger partial charge in [0.2, 0.25) is 0 Å². The number of carboxylic acids is 1. The van der Waals surface area contributed by atoms with Crippen molar-refractivity contribution in [2.24, 2.45) is 0 Å². The van der Waals surface area contributed by atoms with Gasteiger partial charge in [0, 0.05) is 36.0 Å². The molecule has 3 aromatic rings. The van der Waals surface area contributed by atoms with Gasteiger partial charge in [0.15, 0.2) is 0 Å². The number of aliphatic carboxylic acids is 1. The van der Waals surface area contributed by atoms with Gasteiger partial charge in [0.1, 0.15) is 0 Å². The summed E-state index contributed by atoms with van der Waals surface area (Å²) in [5, 5.41) is 12.0. The molecule has 0 aliphatic rings. The molecule has 3 nitrogen and oxygen atoms in total. The number of carbonyl (C=O) groups excluding carboxylic acids is 1. The summed E-state index contributed by atoms with van der Waals surface area (Å²) in [7, 11) is 0. The number of rotatable bonds is 4. The predicted molar refractivity (Wildman–Crippen MR) is 90.4 cm³/mol. The minimum Gasteiger partial charge on any atom is -0.550 e. The number of carboxylic acid groups (broad SMARTS) is 1. The van der Waals surface area contributed by atoms with Gasteiger partial charge in [-0.3, -0.25) is 0 Å². The van der Waals surface area contributed by atoms with Crippen molar-refractivity contribution in [1.82, 2.24) is 4.57 Å². The maximum atomic E-state index is 10.9. The van der Waals surface area contributed by atoms with E-state index in [1.807, 2.05) is 18.2 Å². The molecular weight excluding hydrogens is 325 g/mol. The summed E-state index contributed by atoms with van der Waals surface area (Å²) in [4.78, 5) is 10.9. The number of benzene rings is 2. The van der Waals surface area contributed by atoms with Crippen molar-refractivity contribution in [1.29, 1.82) is 0 Å². The molecule has 118 valence electrons. The fourth-order valence-corrected chi connectivity index (χ4v) is 3.20. The standard InChI is InChI=1S/C20H21NO2.K/c1-13-5-4-6-14(2)18(13)12-21-11-15(3)17-8-7-16(9-19(17)21)10-20(22)23;/h4-9,11H,10,12H2,1-3H3,(H,22,23);/q;+1/p-1. The van der Waals surface area contributed by atoms with E-state index >= 15 is 0 Å². The molecule has 0 saturated carbocycles. The molecule has 0 bridgehead atoms. The molecule has 0 fully saturated rings. The monoisotopic (exact) mass is 345 g/mol. The van der Waals surface area contributed by atoms with E-state index in [9.17, 15) is 9.90 Å². The van der Waals surface area contributed by atoms with Gasteiger partial charge in [0.05, 0.1) is 0 Å². The van der Waals surface area contributed by atoms with Gasteiger partial charge in [-0.25, -0.2) is 0 Å². The molecule has 0 saturated heterocycles. The predicted octanol–water partition coefficient (Wildman–Crippen LogP) is -0.0887. The fourth-order valence-electron chi connectivity index (χ4n) is 3.20. The Balaban J connectivity index is 0.00000208. The van der Waals surface area contributed by atoms with Crippen LogP contribution < -0.4 is 56.5 Å². The Hall–Kier alpha value is -0.914. The number of aryl methyl sites for hydroxylation is 3. The van der Waals surface area contributed by atoms with Crippen LogP contribution in [0, 0.1) is 20.8 Å². The molecule has 0 amide bonds. The summed E-state index contributed by atoms with van der Waals surface area (Å²) in [6.07, 6.45) is 2.09. The first-order chi connectivity index (χ1) is 11.0. The van der Waals surface area contributed by atoms with Crippen LogP contribution in [-0.2, 0) is 17.8 Å². The molecule has 1 aromatic heterocycles. The van der Waals surface area contributed by atoms with Crippen molar-refractivity contribution in [2.45, 2.75) is 33.7 Å². The van der Waals surface area contributed by atoms with E-state index in [4.69, 9.17) is 0 Å². The molecule has 0 spiro atoms. The van der Waals surface area contributed by atoms with Gasteiger partial charge in [0.25, 0.3) is 0 Å². The molecule has 0 aliphatic heterocycles. The molecule has 0 aliphatic carbocycles. The van der Waals surface area contributed by atoms with Crippen molar-refractivity contribution >= 4 is 16.9 Å². The third-order valence-electron chi connectivity index (χ3n) is 4.47. The summed E-state index contributed by atoms with van der Waals surface area (Å²) in [5.74, 6) is -1.05. The average Bonchev–Trinajstić information content (AvgIpc) is 2.78. The first kappa shape index (κ1) is 19.4. The van der Waals surface area contributed by atoms with E-state index in [1.54, 1.807) is 0 Å². The van der Waals surface area contributed by atoms with E-state index in [0.717, 1.165) is 17.6 Å². The molecule has 24 heavy (non-hydrogen) atoms. The van der Waals surface area contributed by atoms with E-state index < -0.39 is 5.97 Å². The van der Waals surface area contributed by atoms with Gasteiger partial charge in [-0.2, -0.15) is 0 Å². The number of hydrogen-bond acceptors (Lipinski definition) is 2. The minimum absolute atomic E-state index is 0. The van der Waals surface area contributed by atoms with E-state index in [1.165, 1.54) is 27.6 Å². The number of nitrogens with zero attached hydrogens (tertiary/aromatic N) is 1. The third kappa shape index (κ3) is 4.01. The molecule has 0 radical (unpaired) electrons. The molecule has 1 heterocycles. The number of carbonyl (C=O) groups is 1. The summed E-state index contributed by atoms with van der Waals surface area (Å²) in [5.41, 5.74) is 6.91. The van der Waals surface area contributed by atoms with E-state index in [-0.39, 0.29) is 57.8 Å². The van der Waals surface area contributed by atoms with Crippen molar-refractivity contribution < 1.29 is 61.3 Å². The molecule has 0 N–H and O–H groups in total. The van der Waals surface area contributed by atoms with Crippen molar-refractivity contribution in [3.05, 3.63) is 70.4 Å². The van der Waals surface area contributed by atoms with E-state index in [0.29, 0.717) is 0 Å². The largest absolute Gasteiger partial charge is 1.00 e. The van der Waals surface area contributed by atoms with Crippen LogP contribution in [0.15, 0.2) is 42.6 Å². The maximum absolute atomic E-state index is 10.9. The van der Waals surface area contributed by atoms with Crippen molar-refractivity contribution in [2.75, 3.05) is 0 Å². The van der Waals surface area contributed by atoms with Crippen LogP contribution in [0.25, 0.3) is 10.9 Å². The summed E-state index contributed by atoms with van der Waals surface area (Å²) in [6, 6.07) is 12.2. The van der Waals surface area contributed by atoms with Gasteiger partial charge < -0.3 is 14.5 Å². The molecular formula is C20H20KNO2. The maximum Gasteiger partial charge on any atom is 1.00 e. The van der Waals surface area contributed by atoms with Crippen molar-refractivity contribution in [3.63, 3.8) is 0 Å². The van der Waals surface area contributed by atoms with Crippen LogP contribution in [0.4, 0.5) is 0 Å². The van der Waals surface area contributed by atoms with Gasteiger partial charge in [-0.1, -0.05) is 30.3 Å². The molecule has 0 atom stereocenters. The summed E-state index contributed by atoms with van der Waals surface area (Å²) >= 11 is 0. The Morgan fingerprint density at radius 1 is 1.04 bits per heavy atom. The van der Waals surface area contributed by atoms with Crippen LogP contribution in [0.2, 0.25) is 0 Å². The second-order valence-electron chi connectivity index (χ2n) is 6.21. The van der Waals surface area contributed by atoms with E-state index in [2.05, 4.69) is 49.7 Å². The number of fused-ring (bicyclic) bond motifs is 1. The van der Waals surface area contributed by atoms with Crippen LogP contribution in [0.5, 0.6) is 0 Å².